The van der Waals surface area contributed by atoms with Crippen LogP contribution < -0.4 is 5.32 Å². The number of hydrogen-bond acceptors (Lipinski definition) is 5. The first-order valence-electron chi connectivity index (χ1n) is 14.9. The number of aliphatic carboxylic acids is 1. The minimum atomic E-state index is -1.00. The van der Waals surface area contributed by atoms with Crippen LogP contribution in [0.2, 0.25) is 0 Å². The number of ether oxygens (including phenoxy) is 1. The number of likely N-dealkylation sites (tertiary alicyclic amines) is 1. The van der Waals surface area contributed by atoms with Gasteiger partial charge in [-0.05, 0) is 84.9 Å². The first kappa shape index (κ1) is 30.6. The molecule has 2 aromatic rings. The summed E-state index contributed by atoms with van der Waals surface area (Å²) >= 11 is 1.58. The van der Waals surface area contributed by atoms with Crippen molar-refractivity contribution in [1.29, 1.82) is 0 Å². The summed E-state index contributed by atoms with van der Waals surface area (Å²) in [5, 5.41) is 12.5. The molecule has 2 aromatic carbocycles. The predicted molar refractivity (Wildman–Crippen MR) is 164 cm³/mol. The van der Waals surface area contributed by atoms with Crippen molar-refractivity contribution in [3.05, 3.63) is 59.2 Å². The van der Waals surface area contributed by atoms with Crippen molar-refractivity contribution in [3.8, 4) is 11.1 Å². The topological polar surface area (TPSA) is 78.9 Å². The molecule has 0 aromatic heterocycles. The first-order valence-corrected chi connectivity index (χ1v) is 16.3. The van der Waals surface area contributed by atoms with Crippen molar-refractivity contribution in [2.75, 3.05) is 25.7 Å². The zero-order valence-electron chi connectivity index (χ0n) is 24.4. The maximum atomic E-state index is 13.5. The number of carbonyl (C=O) groups excluding carboxylic acids is 1. The van der Waals surface area contributed by atoms with Crippen molar-refractivity contribution in [2.45, 2.75) is 89.4 Å². The summed E-state index contributed by atoms with van der Waals surface area (Å²) < 4.78 is 5.63. The largest absolute Gasteiger partial charge is 0.480 e. The van der Waals surface area contributed by atoms with E-state index >= 15 is 0 Å². The van der Waals surface area contributed by atoms with Crippen molar-refractivity contribution >= 4 is 23.6 Å². The van der Waals surface area contributed by atoms with Crippen molar-refractivity contribution in [1.82, 2.24) is 10.2 Å². The molecule has 0 radical (unpaired) electrons. The van der Waals surface area contributed by atoms with Crippen LogP contribution in [0.15, 0.2) is 42.5 Å². The Morgan fingerprint density at radius 1 is 1.05 bits per heavy atom. The summed E-state index contributed by atoms with van der Waals surface area (Å²) in [4.78, 5) is 28.0. The Morgan fingerprint density at radius 2 is 1.80 bits per heavy atom. The molecule has 2 aliphatic rings. The first-order chi connectivity index (χ1) is 19.4. The fourth-order valence-corrected chi connectivity index (χ4v) is 7.10. The highest BCUT2D eigenvalue weighted by Gasteiger charge is 2.35. The monoisotopic (exact) mass is 566 g/mol. The van der Waals surface area contributed by atoms with Gasteiger partial charge < -0.3 is 15.2 Å². The average Bonchev–Trinajstić information content (AvgIpc) is 3.32. The minimum Gasteiger partial charge on any atom is -0.480 e. The maximum Gasteiger partial charge on any atom is 0.326 e. The molecule has 1 amide bonds. The lowest BCUT2D eigenvalue weighted by Crippen LogP contribution is -2.41. The molecule has 1 saturated heterocycles. The highest BCUT2D eigenvalue weighted by Crippen LogP contribution is 2.36. The number of hydrogen-bond donors (Lipinski definition) is 2. The zero-order valence-corrected chi connectivity index (χ0v) is 25.2. The van der Waals surface area contributed by atoms with E-state index in [1.165, 1.54) is 50.5 Å². The van der Waals surface area contributed by atoms with Crippen LogP contribution in [0.4, 0.5) is 0 Å². The van der Waals surface area contributed by atoms with Gasteiger partial charge in [-0.25, -0.2) is 4.79 Å². The molecule has 2 N–H and O–H groups in total. The average molecular weight is 567 g/mol. The van der Waals surface area contributed by atoms with Crippen LogP contribution in [0.25, 0.3) is 11.1 Å². The second-order valence-corrected chi connectivity index (χ2v) is 12.6. The fourth-order valence-electron chi connectivity index (χ4n) is 6.63. The highest BCUT2D eigenvalue weighted by atomic mass is 32.2. The number of amides is 1. The number of benzene rings is 2. The Bertz CT molecular complexity index is 1130. The lowest BCUT2D eigenvalue weighted by molar-refractivity contribution is -0.139. The van der Waals surface area contributed by atoms with E-state index in [0.717, 1.165) is 42.2 Å². The molecule has 0 unspecified atom stereocenters. The van der Waals surface area contributed by atoms with Gasteiger partial charge in [-0.1, -0.05) is 62.4 Å². The summed E-state index contributed by atoms with van der Waals surface area (Å²) in [6, 6.07) is 14.2. The fraction of sp³-hybridized carbons (Fsp3) is 0.576. The van der Waals surface area contributed by atoms with Crippen LogP contribution >= 0.6 is 11.8 Å². The summed E-state index contributed by atoms with van der Waals surface area (Å²) in [7, 11) is 1.79. The van der Waals surface area contributed by atoms with Crippen LogP contribution in [-0.2, 0) is 16.1 Å². The molecule has 40 heavy (non-hydrogen) atoms. The van der Waals surface area contributed by atoms with E-state index < -0.39 is 12.0 Å². The van der Waals surface area contributed by atoms with E-state index in [2.05, 4.69) is 29.3 Å². The predicted octanol–water partition coefficient (Wildman–Crippen LogP) is 6.55. The van der Waals surface area contributed by atoms with Crippen LogP contribution in [-0.4, -0.2) is 65.7 Å². The molecule has 0 bridgehead atoms. The number of nitrogens with one attached hydrogen (secondary N) is 1. The molecule has 218 valence electrons. The summed E-state index contributed by atoms with van der Waals surface area (Å²) in [5.74, 6) is 0.150. The molecule has 2 fully saturated rings. The van der Waals surface area contributed by atoms with Gasteiger partial charge in [0.25, 0.3) is 5.91 Å². The molecule has 3 atom stereocenters. The number of aryl methyl sites for hydroxylation is 1. The lowest BCUT2D eigenvalue weighted by Gasteiger charge is -2.33. The van der Waals surface area contributed by atoms with Crippen LogP contribution in [0.1, 0.15) is 79.3 Å². The lowest BCUT2D eigenvalue weighted by atomic mass is 9.84. The molecule has 4 rings (SSSR count). The summed E-state index contributed by atoms with van der Waals surface area (Å²) in [5.41, 5.74) is 4.62. The molecular formula is C33H46N2O4S. The van der Waals surface area contributed by atoms with Crippen LogP contribution in [0, 0.1) is 12.8 Å². The zero-order chi connectivity index (χ0) is 28.5. The van der Waals surface area contributed by atoms with E-state index in [4.69, 9.17) is 4.74 Å². The van der Waals surface area contributed by atoms with Crippen LogP contribution in [0.3, 0.4) is 0 Å². The third kappa shape index (κ3) is 7.89. The van der Waals surface area contributed by atoms with Gasteiger partial charge in [0.15, 0.2) is 0 Å². The number of nitrogens with zero attached hydrogens (tertiary/aromatic N) is 1. The Kier molecular flexibility index (Phi) is 11.5. The third-order valence-electron chi connectivity index (χ3n) is 8.80. The highest BCUT2D eigenvalue weighted by molar-refractivity contribution is 7.98. The standard InChI is InChI=1S/C33H46N2O4S/c1-23-9-7-8-12-28(23)30-20-25(13-16-29(30)32(36)34-31(33(37)38)17-18-40-3)21-35-26(14-15-27(35)22-39-2)19-24-10-5-4-6-11-24/h7-9,12-13,16,20,24,26-27,31H,4-6,10-11,14-15,17-19,21-22H2,1-3H3,(H,34,36)(H,37,38)/t26-,27-,31+/m1/s1. The number of rotatable bonds is 13. The summed E-state index contributed by atoms with van der Waals surface area (Å²) in [6.45, 7) is 3.61. The van der Waals surface area contributed by atoms with E-state index in [1.807, 2.05) is 36.6 Å². The Labute approximate surface area is 244 Å². The summed E-state index contributed by atoms with van der Waals surface area (Å²) in [6.07, 6.45) is 12.8. The number of carbonyl (C=O) groups is 2. The van der Waals surface area contributed by atoms with Crippen molar-refractivity contribution < 1.29 is 19.4 Å². The van der Waals surface area contributed by atoms with Gasteiger partial charge in [-0.3, -0.25) is 9.69 Å². The molecular weight excluding hydrogens is 520 g/mol. The van der Waals surface area contributed by atoms with Gasteiger partial charge >= 0.3 is 5.97 Å². The normalized spacial score (nSPS) is 20.9. The van der Waals surface area contributed by atoms with E-state index in [-0.39, 0.29) is 5.91 Å². The molecule has 6 nitrogen and oxygen atoms in total. The third-order valence-corrected chi connectivity index (χ3v) is 9.45. The molecule has 1 aliphatic carbocycles. The van der Waals surface area contributed by atoms with Gasteiger partial charge in [0.2, 0.25) is 0 Å². The van der Waals surface area contributed by atoms with Gasteiger partial charge in [0, 0.05) is 31.3 Å². The molecule has 1 heterocycles. The van der Waals surface area contributed by atoms with Gasteiger partial charge in [-0.2, -0.15) is 11.8 Å². The molecule has 7 heteroatoms. The number of methoxy groups -OCH3 is 1. The van der Waals surface area contributed by atoms with Gasteiger partial charge in [-0.15, -0.1) is 0 Å². The maximum absolute atomic E-state index is 13.5. The second kappa shape index (κ2) is 15.0. The quantitative estimate of drug-likeness (QED) is 0.286. The van der Waals surface area contributed by atoms with Crippen molar-refractivity contribution in [3.63, 3.8) is 0 Å². The van der Waals surface area contributed by atoms with E-state index in [9.17, 15) is 14.7 Å². The molecule has 1 saturated carbocycles. The van der Waals surface area contributed by atoms with E-state index in [1.54, 1.807) is 18.9 Å². The van der Waals surface area contributed by atoms with E-state index in [0.29, 0.717) is 29.8 Å². The van der Waals surface area contributed by atoms with Gasteiger partial charge in [0.1, 0.15) is 6.04 Å². The number of thioether (sulfide) groups is 1. The van der Waals surface area contributed by atoms with Gasteiger partial charge in [0.05, 0.1) is 6.61 Å². The number of carboxylic acid groups (broad SMARTS) is 1. The Hall–Kier alpha value is -2.35. The molecule has 0 spiro atoms. The second-order valence-electron chi connectivity index (χ2n) is 11.6. The Balaban J connectivity index is 1.62. The molecule has 1 aliphatic heterocycles. The van der Waals surface area contributed by atoms with Crippen LogP contribution in [0.5, 0.6) is 0 Å². The SMILES string of the molecule is COC[C@H]1CC[C@H](CC2CCCCC2)N1Cc1ccc(C(=O)N[C@@H](CCSC)C(=O)O)c(-c2ccccc2C)c1. The minimum absolute atomic E-state index is 0.341. The Morgan fingerprint density at radius 3 is 2.50 bits per heavy atom. The number of carboxylic acids is 1. The smallest absolute Gasteiger partial charge is 0.326 e. The van der Waals surface area contributed by atoms with Crippen molar-refractivity contribution in [2.24, 2.45) is 5.92 Å².